The van der Waals surface area contributed by atoms with Crippen LogP contribution in [-0.4, -0.2) is 42.6 Å². The highest BCUT2D eigenvalue weighted by molar-refractivity contribution is 5.89. The molecule has 1 aliphatic rings. The SMILES string of the molecule is CCOC(=O)C1=C[C@@H](OC(C)=O)[C@@H](NC(C)=O)[C@@H](N=[N+]=[N-])C1. The monoisotopic (exact) mass is 310 g/mol. The van der Waals surface area contributed by atoms with Crippen molar-refractivity contribution in [3.8, 4) is 0 Å². The molecule has 120 valence electrons. The number of amides is 1. The summed E-state index contributed by atoms with van der Waals surface area (Å²) in [6, 6.07) is -1.50. The van der Waals surface area contributed by atoms with Gasteiger partial charge >= 0.3 is 11.9 Å². The number of nitrogens with zero attached hydrogens (tertiary/aromatic N) is 3. The van der Waals surface area contributed by atoms with Gasteiger partial charge in [-0.3, -0.25) is 9.59 Å². The summed E-state index contributed by atoms with van der Waals surface area (Å²) in [5.74, 6) is -1.52. The molecular formula is C13H18N4O5. The Hall–Kier alpha value is -2.54. The molecule has 0 saturated heterocycles. The van der Waals surface area contributed by atoms with Gasteiger partial charge in [0.25, 0.3) is 0 Å². The largest absolute Gasteiger partial charge is 0.463 e. The van der Waals surface area contributed by atoms with Crippen molar-refractivity contribution < 1.29 is 23.9 Å². The molecule has 0 fully saturated rings. The standard InChI is InChI=1S/C13H18N4O5/c1-4-21-13(20)9-5-10(16-17-14)12(15-7(2)18)11(6-9)22-8(3)19/h6,10-12H,4-5H2,1-3H3,(H,15,18)/t10-,11+,12-/m0/s1. The summed E-state index contributed by atoms with van der Waals surface area (Å²) in [5, 5.41) is 6.18. The van der Waals surface area contributed by atoms with Crippen LogP contribution in [0.1, 0.15) is 27.2 Å². The van der Waals surface area contributed by atoms with Gasteiger partial charge in [0.1, 0.15) is 6.10 Å². The molecule has 0 aliphatic heterocycles. The number of azide groups is 1. The number of hydrogen-bond acceptors (Lipinski definition) is 6. The van der Waals surface area contributed by atoms with Crippen LogP contribution >= 0.6 is 0 Å². The molecule has 3 atom stereocenters. The molecule has 0 heterocycles. The van der Waals surface area contributed by atoms with Crippen molar-refractivity contribution in [2.24, 2.45) is 5.11 Å². The lowest BCUT2D eigenvalue weighted by molar-refractivity contribution is -0.147. The topological polar surface area (TPSA) is 130 Å². The van der Waals surface area contributed by atoms with Gasteiger partial charge < -0.3 is 14.8 Å². The lowest BCUT2D eigenvalue weighted by atomic mass is 9.88. The van der Waals surface area contributed by atoms with Crippen molar-refractivity contribution in [3.63, 3.8) is 0 Å². The minimum Gasteiger partial charge on any atom is -0.463 e. The molecule has 9 heteroatoms. The number of rotatable bonds is 5. The quantitative estimate of drug-likeness (QED) is 0.350. The van der Waals surface area contributed by atoms with Gasteiger partial charge in [-0.05, 0) is 25.0 Å². The fraction of sp³-hybridized carbons (Fsp3) is 0.615. The molecule has 0 aromatic heterocycles. The van der Waals surface area contributed by atoms with E-state index >= 15 is 0 Å². The van der Waals surface area contributed by atoms with Crippen LogP contribution in [0.3, 0.4) is 0 Å². The number of ether oxygens (including phenoxy) is 2. The Balaban J connectivity index is 3.16. The van der Waals surface area contributed by atoms with Gasteiger partial charge in [-0.1, -0.05) is 5.11 Å². The van der Waals surface area contributed by atoms with Crippen molar-refractivity contribution >= 4 is 17.8 Å². The first-order valence-electron chi connectivity index (χ1n) is 6.75. The van der Waals surface area contributed by atoms with Gasteiger partial charge in [-0.15, -0.1) is 0 Å². The second-order valence-corrected chi connectivity index (χ2v) is 4.69. The van der Waals surface area contributed by atoms with E-state index in [1.165, 1.54) is 19.9 Å². The van der Waals surface area contributed by atoms with Gasteiger partial charge in [0, 0.05) is 24.3 Å². The van der Waals surface area contributed by atoms with Crippen LogP contribution < -0.4 is 5.32 Å². The van der Waals surface area contributed by atoms with E-state index in [9.17, 15) is 14.4 Å². The van der Waals surface area contributed by atoms with Crippen LogP contribution in [-0.2, 0) is 23.9 Å². The zero-order valence-corrected chi connectivity index (χ0v) is 12.6. The second-order valence-electron chi connectivity index (χ2n) is 4.69. The molecule has 1 rings (SSSR count). The Morgan fingerprint density at radius 3 is 2.64 bits per heavy atom. The van der Waals surface area contributed by atoms with Crippen molar-refractivity contribution in [1.29, 1.82) is 0 Å². The van der Waals surface area contributed by atoms with E-state index in [0.717, 1.165) is 0 Å². The van der Waals surface area contributed by atoms with E-state index in [1.807, 2.05) is 0 Å². The number of carbonyl (C=O) groups is 3. The van der Waals surface area contributed by atoms with Gasteiger partial charge in [-0.2, -0.15) is 0 Å². The highest BCUT2D eigenvalue weighted by Gasteiger charge is 2.37. The minimum atomic E-state index is -0.912. The van der Waals surface area contributed by atoms with Crippen LogP contribution in [0.15, 0.2) is 16.8 Å². The van der Waals surface area contributed by atoms with Gasteiger partial charge in [0.15, 0.2) is 0 Å². The summed E-state index contributed by atoms with van der Waals surface area (Å²) in [7, 11) is 0. The smallest absolute Gasteiger partial charge is 0.333 e. The summed E-state index contributed by atoms with van der Waals surface area (Å²) < 4.78 is 10.0. The molecule has 1 aliphatic carbocycles. The molecule has 0 saturated carbocycles. The van der Waals surface area contributed by atoms with Crippen LogP contribution in [0.2, 0.25) is 0 Å². The average Bonchev–Trinajstić information content (AvgIpc) is 2.41. The fourth-order valence-corrected chi connectivity index (χ4v) is 2.21. The second kappa shape index (κ2) is 8.04. The maximum absolute atomic E-state index is 11.9. The Morgan fingerprint density at radius 1 is 1.45 bits per heavy atom. The molecular weight excluding hydrogens is 292 g/mol. The molecule has 22 heavy (non-hydrogen) atoms. The molecule has 1 amide bonds. The molecule has 0 spiro atoms. The first-order valence-corrected chi connectivity index (χ1v) is 6.75. The number of hydrogen-bond donors (Lipinski definition) is 1. The first kappa shape index (κ1) is 17.5. The lowest BCUT2D eigenvalue weighted by Gasteiger charge is -2.34. The molecule has 9 nitrogen and oxygen atoms in total. The third-order valence-electron chi connectivity index (χ3n) is 2.97. The summed E-state index contributed by atoms with van der Waals surface area (Å²) in [4.78, 5) is 37.1. The molecule has 0 unspecified atom stereocenters. The molecule has 0 bridgehead atoms. The van der Waals surface area contributed by atoms with Crippen LogP contribution in [0.25, 0.3) is 10.4 Å². The zero-order valence-electron chi connectivity index (χ0n) is 12.6. The maximum Gasteiger partial charge on any atom is 0.333 e. The molecule has 0 aromatic carbocycles. The third-order valence-corrected chi connectivity index (χ3v) is 2.97. The first-order chi connectivity index (χ1) is 10.4. The molecule has 0 radical (unpaired) electrons. The highest BCUT2D eigenvalue weighted by Crippen LogP contribution is 2.25. The normalized spacial score (nSPS) is 23.6. The predicted octanol–water partition coefficient (Wildman–Crippen LogP) is 0.995. The number of nitrogens with one attached hydrogen (secondary N) is 1. The Labute approximate surface area is 127 Å². The van der Waals surface area contributed by atoms with Gasteiger partial charge in [0.2, 0.25) is 5.91 Å². The van der Waals surface area contributed by atoms with E-state index in [0.29, 0.717) is 0 Å². The number of carbonyl (C=O) groups excluding carboxylic acids is 3. The summed E-state index contributed by atoms with van der Waals surface area (Å²) >= 11 is 0. The average molecular weight is 310 g/mol. The Bertz CT molecular complexity index is 539. The molecule has 1 N–H and O–H groups in total. The summed E-state index contributed by atoms with van der Waals surface area (Å²) in [5.41, 5.74) is 8.91. The third kappa shape index (κ3) is 4.78. The van der Waals surface area contributed by atoms with E-state index in [1.54, 1.807) is 6.92 Å². The summed E-state index contributed by atoms with van der Waals surface area (Å²) in [6.07, 6.45) is 0.597. The van der Waals surface area contributed by atoms with Crippen LogP contribution in [0.5, 0.6) is 0 Å². The Kier molecular flexibility index (Phi) is 6.40. The van der Waals surface area contributed by atoms with Crippen LogP contribution in [0.4, 0.5) is 0 Å². The van der Waals surface area contributed by atoms with E-state index < -0.39 is 30.1 Å². The zero-order chi connectivity index (χ0) is 16.7. The fourth-order valence-electron chi connectivity index (χ4n) is 2.21. The minimum absolute atomic E-state index is 0.0889. The number of esters is 2. The summed E-state index contributed by atoms with van der Waals surface area (Å²) in [6.45, 7) is 4.36. The van der Waals surface area contributed by atoms with E-state index in [4.69, 9.17) is 15.0 Å². The van der Waals surface area contributed by atoms with E-state index in [-0.39, 0.29) is 24.5 Å². The van der Waals surface area contributed by atoms with Crippen LogP contribution in [0, 0.1) is 0 Å². The Morgan fingerprint density at radius 2 is 2.14 bits per heavy atom. The van der Waals surface area contributed by atoms with Crippen molar-refractivity contribution in [3.05, 3.63) is 22.1 Å². The molecule has 0 aromatic rings. The van der Waals surface area contributed by atoms with Crippen molar-refractivity contribution in [2.45, 2.75) is 45.4 Å². The van der Waals surface area contributed by atoms with Gasteiger partial charge in [0.05, 0.1) is 18.7 Å². The van der Waals surface area contributed by atoms with Gasteiger partial charge in [-0.25, -0.2) is 4.79 Å². The van der Waals surface area contributed by atoms with E-state index in [2.05, 4.69) is 15.3 Å². The van der Waals surface area contributed by atoms with Crippen molar-refractivity contribution in [2.75, 3.05) is 6.61 Å². The van der Waals surface area contributed by atoms with Crippen molar-refractivity contribution in [1.82, 2.24) is 5.32 Å². The highest BCUT2D eigenvalue weighted by atomic mass is 16.5. The predicted molar refractivity (Wildman–Crippen MR) is 75.4 cm³/mol. The lowest BCUT2D eigenvalue weighted by Crippen LogP contribution is -2.52. The maximum atomic E-state index is 11.9.